The van der Waals surface area contributed by atoms with Gasteiger partial charge >= 0.3 is 0 Å². The summed E-state index contributed by atoms with van der Waals surface area (Å²) in [6.07, 6.45) is 1.21. The standard InChI is InChI=1S/C7H9ClN4O2/c1-12(2-4(9)13)6-5(8)7(14)11-3-10-6/h3H,2H2,1H3,(H2,9,13)(H,10,11,14). The fourth-order valence-electron chi connectivity index (χ4n) is 0.948. The molecule has 1 amide bonds. The van der Waals surface area contributed by atoms with Gasteiger partial charge in [0.05, 0.1) is 12.9 Å². The molecule has 0 aromatic carbocycles. The Hall–Kier alpha value is -1.56. The normalized spacial score (nSPS) is 9.86. The van der Waals surface area contributed by atoms with Crippen LogP contribution in [-0.2, 0) is 4.79 Å². The Morgan fingerprint density at radius 1 is 1.79 bits per heavy atom. The van der Waals surface area contributed by atoms with Gasteiger partial charge in [-0.3, -0.25) is 9.59 Å². The molecule has 6 nitrogen and oxygen atoms in total. The lowest BCUT2D eigenvalue weighted by molar-refractivity contribution is -0.116. The van der Waals surface area contributed by atoms with Crippen molar-refractivity contribution in [3.8, 4) is 0 Å². The zero-order valence-electron chi connectivity index (χ0n) is 7.45. The maximum Gasteiger partial charge on any atom is 0.271 e. The molecule has 0 fully saturated rings. The fraction of sp³-hybridized carbons (Fsp3) is 0.286. The number of amides is 1. The predicted octanol–water partition coefficient (Wildman–Crippen LogP) is -0.655. The Balaban J connectivity index is 3.01. The minimum Gasteiger partial charge on any atom is -0.368 e. The molecule has 0 saturated carbocycles. The second-order valence-corrected chi connectivity index (χ2v) is 3.07. The van der Waals surface area contributed by atoms with Crippen LogP contribution >= 0.6 is 11.6 Å². The lowest BCUT2D eigenvalue weighted by atomic mass is 10.4. The molecule has 76 valence electrons. The molecule has 0 aliphatic rings. The summed E-state index contributed by atoms with van der Waals surface area (Å²) >= 11 is 5.67. The Morgan fingerprint density at radius 2 is 2.43 bits per heavy atom. The van der Waals surface area contributed by atoms with Crippen molar-refractivity contribution in [2.45, 2.75) is 0 Å². The van der Waals surface area contributed by atoms with E-state index in [1.165, 1.54) is 11.2 Å². The van der Waals surface area contributed by atoms with E-state index in [1.54, 1.807) is 7.05 Å². The van der Waals surface area contributed by atoms with Crippen LogP contribution in [0.25, 0.3) is 0 Å². The van der Waals surface area contributed by atoms with Crippen molar-refractivity contribution in [3.05, 3.63) is 21.7 Å². The maximum atomic E-state index is 11.1. The summed E-state index contributed by atoms with van der Waals surface area (Å²) in [4.78, 5) is 29.2. The minimum absolute atomic E-state index is 0.0455. The van der Waals surface area contributed by atoms with E-state index >= 15 is 0 Å². The van der Waals surface area contributed by atoms with Crippen molar-refractivity contribution in [1.29, 1.82) is 0 Å². The molecule has 3 N–H and O–H groups in total. The number of aromatic amines is 1. The molecule has 0 aliphatic carbocycles. The van der Waals surface area contributed by atoms with Crippen molar-refractivity contribution in [2.75, 3.05) is 18.5 Å². The van der Waals surface area contributed by atoms with Crippen molar-refractivity contribution in [2.24, 2.45) is 5.73 Å². The number of nitrogens with zero attached hydrogens (tertiary/aromatic N) is 2. The number of carbonyl (C=O) groups excluding carboxylic acids is 1. The number of nitrogens with one attached hydrogen (secondary N) is 1. The molecule has 14 heavy (non-hydrogen) atoms. The molecule has 0 bridgehead atoms. The molecule has 0 spiro atoms. The van der Waals surface area contributed by atoms with Gasteiger partial charge < -0.3 is 15.6 Å². The molecular formula is C7H9ClN4O2. The van der Waals surface area contributed by atoms with Gasteiger partial charge in [0, 0.05) is 7.05 Å². The van der Waals surface area contributed by atoms with Gasteiger partial charge in [0.25, 0.3) is 5.56 Å². The Kier molecular flexibility index (Phi) is 3.08. The van der Waals surface area contributed by atoms with Gasteiger partial charge in [-0.2, -0.15) is 0 Å². The van der Waals surface area contributed by atoms with Gasteiger partial charge in [-0.15, -0.1) is 0 Å². The van der Waals surface area contributed by atoms with Gasteiger partial charge in [-0.25, -0.2) is 4.98 Å². The zero-order valence-corrected chi connectivity index (χ0v) is 8.21. The molecule has 1 rings (SSSR count). The van der Waals surface area contributed by atoms with E-state index in [9.17, 15) is 9.59 Å². The van der Waals surface area contributed by atoms with Crippen LogP contribution in [0, 0.1) is 0 Å². The molecule has 1 aromatic rings. The fourth-order valence-corrected chi connectivity index (χ4v) is 1.20. The first-order valence-electron chi connectivity index (χ1n) is 3.75. The topological polar surface area (TPSA) is 92.1 Å². The minimum atomic E-state index is -0.523. The lowest BCUT2D eigenvalue weighted by Gasteiger charge is -2.15. The molecule has 0 aliphatic heterocycles. The maximum absolute atomic E-state index is 11.1. The summed E-state index contributed by atoms with van der Waals surface area (Å²) in [6.45, 7) is -0.0455. The average Bonchev–Trinajstić information content (AvgIpc) is 2.08. The van der Waals surface area contributed by atoms with Crippen LogP contribution in [0.15, 0.2) is 11.1 Å². The average molecular weight is 217 g/mol. The van der Waals surface area contributed by atoms with Crippen LogP contribution in [0.3, 0.4) is 0 Å². The van der Waals surface area contributed by atoms with Crippen LogP contribution in [0.1, 0.15) is 0 Å². The number of anilines is 1. The number of hydrogen-bond acceptors (Lipinski definition) is 4. The van der Waals surface area contributed by atoms with Crippen molar-refractivity contribution in [3.63, 3.8) is 0 Å². The molecule has 0 radical (unpaired) electrons. The Morgan fingerprint density at radius 3 is 3.00 bits per heavy atom. The number of aromatic nitrogens is 2. The first kappa shape index (κ1) is 10.5. The first-order valence-corrected chi connectivity index (χ1v) is 4.12. The third-order valence-corrected chi connectivity index (χ3v) is 1.87. The van der Waals surface area contributed by atoms with Crippen LogP contribution < -0.4 is 16.2 Å². The van der Waals surface area contributed by atoms with Crippen molar-refractivity contribution < 1.29 is 4.79 Å². The third-order valence-electron chi connectivity index (χ3n) is 1.53. The summed E-state index contributed by atoms with van der Waals surface area (Å²) in [6, 6.07) is 0. The number of halogens is 1. The van der Waals surface area contributed by atoms with Crippen LogP contribution in [-0.4, -0.2) is 29.5 Å². The van der Waals surface area contributed by atoms with E-state index < -0.39 is 11.5 Å². The smallest absolute Gasteiger partial charge is 0.271 e. The molecule has 0 atom stereocenters. The summed E-state index contributed by atoms with van der Waals surface area (Å²) < 4.78 is 0. The predicted molar refractivity (Wildman–Crippen MR) is 52.3 cm³/mol. The number of hydrogen-bond donors (Lipinski definition) is 2. The van der Waals surface area contributed by atoms with Gasteiger partial charge in [0.1, 0.15) is 5.02 Å². The number of primary amides is 1. The molecule has 0 unspecified atom stereocenters. The summed E-state index contributed by atoms with van der Waals surface area (Å²) in [5, 5.41) is -0.0590. The Labute approximate surface area is 84.7 Å². The molecule has 7 heteroatoms. The van der Waals surface area contributed by atoms with Gasteiger partial charge in [0.2, 0.25) is 5.91 Å². The van der Waals surface area contributed by atoms with Crippen molar-refractivity contribution in [1.82, 2.24) is 9.97 Å². The first-order chi connectivity index (χ1) is 6.52. The second-order valence-electron chi connectivity index (χ2n) is 2.69. The van der Waals surface area contributed by atoms with Gasteiger partial charge in [0.15, 0.2) is 5.82 Å². The summed E-state index contributed by atoms with van der Waals surface area (Å²) in [5.41, 5.74) is 4.53. The zero-order chi connectivity index (χ0) is 10.7. The largest absolute Gasteiger partial charge is 0.368 e. The van der Waals surface area contributed by atoms with Crippen LogP contribution in [0.5, 0.6) is 0 Å². The number of H-pyrrole nitrogens is 1. The second kappa shape index (κ2) is 4.10. The van der Waals surface area contributed by atoms with Crippen LogP contribution in [0.4, 0.5) is 5.82 Å². The van der Waals surface area contributed by atoms with Gasteiger partial charge in [-0.05, 0) is 0 Å². The number of carbonyl (C=O) groups is 1. The molecular weight excluding hydrogens is 208 g/mol. The highest BCUT2D eigenvalue weighted by molar-refractivity contribution is 6.32. The highest BCUT2D eigenvalue weighted by atomic mass is 35.5. The molecule has 1 heterocycles. The van der Waals surface area contributed by atoms with E-state index in [-0.39, 0.29) is 17.4 Å². The summed E-state index contributed by atoms with van der Waals surface area (Å²) in [7, 11) is 1.57. The quantitative estimate of drug-likeness (QED) is 0.702. The van der Waals surface area contributed by atoms with Crippen molar-refractivity contribution >= 4 is 23.3 Å². The highest BCUT2D eigenvalue weighted by Crippen LogP contribution is 2.15. The number of likely N-dealkylation sites (N-methyl/N-ethyl adjacent to an activating group) is 1. The van der Waals surface area contributed by atoms with E-state index in [0.29, 0.717) is 0 Å². The lowest BCUT2D eigenvalue weighted by Crippen LogP contribution is -2.32. The summed E-state index contributed by atoms with van der Waals surface area (Å²) in [5.74, 6) is -0.292. The third kappa shape index (κ3) is 2.23. The van der Waals surface area contributed by atoms with Gasteiger partial charge in [-0.1, -0.05) is 11.6 Å². The Bertz CT molecular complexity index is 403. The van der Waals surface area contributed by atoms with E-state index in [4.69, 9.17) is 17.3 Å². The molecule has 0 saturated heterocycles. The monoisotopic (exact) mass is 216 g/mol. The SMILES string of the molecule is CN(CC(N)=O)c1nc[nH]c(=O)c1Cl. The van der Waals surface area contributed by atoms with Crippen LogP contribution in [0.2, 0.25) is 5.02 Å². The highest BCUT2D eigenvalue weighted by Gasteiger charge is 2.11. The van der Waals surface area contributed by atoms with E-state index in [2.05, 4.69) is 9.97 Å². The van der Waals surface area contributed by atoms with E-state index in [0.717, 1.165) is 0 Å². The number of nitrogens with two attached hydrogens (primary N) is 1. The number of rotatable bonds is 3. The van der Waals surface area contributed by atoms with E-state index in [1.807, 2.05) is 0 Å². The molecule has 1 aromatic heterocycles.